The van der Waals surface area contributed by atoms with Gasteiger partial charge in [0.1, 0.15) is 0 Å². The van der Waals surface area contributed by atoms with E-state index in [0.29, 0.717) is 26.3 Å². The standard InChI is InChI=1S/C19H34N2O4/c22-18(16-20-10-4-1-5-11-20)24-14-8-3-9-15-25-19(23)17-21-12-6-2-7-13-21/h1-17H2. The first-order chi connectivity index (χ1) is 12.2. The summed E-state index contributed by atoms with van der Waals surface area (Å²) >= 11 is 0. The van der Waals surface area contributed by atoms with Crippen LogP contribution in [-0.4, -0.2) is 74.2 Å². The summed E-state index contributed by atoms with van der Waals surface area (Å²) in [5, 5.41) is 0. The number of rotatable bonds is 10. The number of carbonyl (C=O) groups is 2. The summed E-state index contributed by atoms with van der Waals surface area (Å²) < 4.78 is 10.6. The zero-order chi connectivity index (χ0) is 17.7. The number of nitrogens with zero attached hydrogens (tertiary/aromatic N) is 2. The largest absolute Gasteiger partial charge is 0.465 e. The van der Waals surface area contributed by atoms with Crippen molar-refractivity contribution in [2.24, 2.45) is 0 Å². The van der Waals surface area contributed by atoms with Crippen molar-refractivity contribution in [2.45, 2.75) is 57.8 Å². The minimum atomic E-state index is -0.116. The summed E-state index contributed by atoms with van der Waals surface area (Å²) in [4.78, 5) is 27.8. The maximum Gasteiger partial charge on any atom is 0.320 e. The third-order valence-corrected chi connectivity index (χ3v) is 4.92. The van der Waals surface area contributed by atoms with Gasteiger partial charge in [-0.2, -0.15) is 0 Å². The quantitative estimate of drug-likeness (QED) is 0.443. The van der Waals surface area contributed by atoms with Crippen LogP contribution in [0, 0.1) is 0 Å². The fraction of sp³-hybridized carbons (Fsp3) is 0.895. The van der Waals surface area contributed by atoms with E-state index in [1.165, 1.54) is 38.5 Å². The van der Waals surface area contributed by atoms with Crippen molar-refractivity contribution in [3.05, 3.63) is 0 Å². The molecule has 2 rings (SSSR count). The Bertz CT molecular complexity index is 355. The first-order valence-electron chi connectivity index (χ1n) is 10.00. The van der Waals surface area contributed by atoms with Gasteiger partial charge in [-0.25, -0.2) is 0 Å². The molecule has 2 aliphatic rings. The fourth-order valence-electron chi connectivity index (χ4n) is 3.44. The van der Waals surface area contributed by atoms with Crippen molar-refractivity contribution in [3.63, 3.8) is 0 Å². The average molecular weight is 354 g/mol. The van der Waals surface area contributed by atoms with Crippen molar-refractivity contribution in [1.82, 2.24) is 9.80 Å². The Morgan fingerprint density at radius 2 is 1.00 bits per heavy atom. The van der Waals surface area contributed by atoms with Crippen molar-refractivity contribution in [3.8, 4) is 0 Å². The SMILES string of the molecule is O=C(CN1CCCCC1)OCCCCCOC(=O)CN1CCCCC1. The third kappa shape index (κ3) is 9.21. The smallest absolute Gasteiger partial charge is 0.320 e. The lowest BCUT2D eigenvalue weighted by Gasteiger charge is -2.25. The van der Waals surface area contributed by atoms with Crippen molar-refractivity contribution >= 4 is 11.9 Å². The molecule has 0 amide bonds. The van der Waals surface area contributed by atoms with Gasteiger partial charge in [0.25, 0.3) is 0 Å². The second kappa shape index (κ2) is 12.3. The van der Waals surface area contributed by atoms with Crippen molar-refractivity contribution in [1.29, 1.82) is 0 Å². The van der Waals surface area contributed by atoms with E-state index in [-0.39, 0.29) is 11.9 Å². The maximum atomic E-state index is 11.7. The molecular formula is C19H34N2O4. The average Bonchev–Trinajstić information content (AvgIpc) is 2.62. The molecule has 0 unspecified atom stereocenters. The monoisotopic (exact) mass is 354 g/mol. The number of piperidine rings is 2. The van der Waals surface area contributed by atoms with Crippen molar-refractivity contribution < 1.29 is 19.1 Å². The highest BCUT2D eigenvalue weighted by atomic mass is 16.5. The van der Waals surface area contributed by atoms with E-state index in [2.05, 4.69) is 9.80 Å². The maximum absolute atomic E-state index is 11.7. The van der Waals surface area contributed by atoms with Crippen LogP contribution in [0.2, 0.25) is 0 Å². The molecule has 25 heavy (non-hydrogen) atoms. The van der Waals surface area contributed by atoms with Crippen LogP contribution in [0.3, 0.4) is 0 Å². The van der Waals surface area contributed by atoms with E-state index in [1.807, 2.05) is 0 Å². The Morgan fingerprint density at radius 1 is 0.600 bits per heavy atom. The first kappa shape index (κ1) is 20.2. The van der Waals surface area contributed by atoms with Crippen molar-refractivity contribution in [2.75, 3.05) is 52.5 Å². The van der Waals surface area contributed by atoms with Gasteiger partial charge in [-0.3, -0.25) is 19.4 Å². The molecule has 0 aliphatic carbocycles. The number of esters is 2. The van der Waals surface area contributed by atoms with Gasteiger partial charge in [0.2, 0.25) is 0 Å². The molecule has 0 atom stereocenters. The lowest BCUT2D eigenvalue weighted by atomic mass is 10.1. The molecule has 6 heteroatoms. The summed E-state index contributed by atoms with van der Waals surface area (Å²) in [6, 6.07) is 0. The van der Waals surface area contributed by atoms with Gasteiger partial charge < -0.3 is 9.47 Å². The summed E-state index contributed by atoms with van der Waals surface area (Å²) in [5.41, 5.74) is 0. The Hall–Kier alpha value is -1.14. The molecule has 0 aromatic rings. The zero-order valence-corrected chi connectivity index (χ0v) is 15.5. The third-order valence-electron chi connectivity index (χ3n) is 4.92. The molecule has 0 bridgehead atoms. The molecule has 2 saturated heterocycles. The van der Waals surface area contributed by atoms with E-state index >= 15 is 0 Å². The minimum Gasteiger partial charge on any atom is -0.465 e. The molecule has 0 N–H and O–H groups in total. The topological polar surface area (TPSA) is 59.1 Å². The normalized spacial score (nSPS) is 19.5. The minimum absolute atomic E-state index is 0.116. The number of hydrogen-bond acceptors (Lipinski definition) is 6. The van der Waals surface area contributed by atoms with E-state index in [4.69, 9.17) is 9.47 Å². The van der Waals surface area contributed by atoms with Crippen LogP contribution in [-0.2, 0) is 19.1 Å². The molecule has 6 nitrogen and oxygen atoms in total. The highest BCUT2D eigenvalue weighted by Crippen LogP contribution is 2.09. The van der Waals surface area contributed by atoms with E-state index in [0.717, 1.165) is 45.4 Å². The molecule has 2 aliphatic heterocycles. The second-order valence-corrected chi connectivity index (χ2v) is 7.18. The van der Waals surface area contributed by atoms with Gasteiger partial charge in [0.05, 0.1) is 26.3 Å². The number of unbranched alkanes of at least 4 members (excludes halogenated alkanes) is 2. The molecule has 2 heterocycles. The zero-order valence-electron chi connectivity index (χ0n) is 15.5. The second-order valence-electron chi connectivity index (χ2n) is 7.18. The molecule has 0 saturated carbocycles. The van der Waals surface area contributed by atoms with Gasteiger partial charge in [0, 0.05) is 0 Å². The highest BCUT2D eigenvalue weighted by molar-refractivity contribution is 5.72. The van der Waals surface area contributed by atoms with E-state index in [9.17, 15) is 9.59 Å². The van der Waals surface area contributed by atoms with Crippen LogP contribution in [0.15, 0.2) is 0 Å². The lowest BCUT2D eigenvalue weighted by Crippen LogP contribution is -2.35. The highest BCUT2D eigenvalue weighted by Gasteiger charge is 2.15. The Labute approximate surface area is 151 Å². The van der Waals surface area contributed by atoms with Gasteiger partial charge in [-0.05, 0) is 71.1 Å². The number of likely N-dealkylation sites (tertiary alicyclic amines) is 2. The molecule has 0 aromatic heterocycles. The van der Waals surface area contributed by atoms with Gasteiger partial charge in [-0.1, -0.05) is 12.8 Å². The Morgan fingerprint density at radius 3 is 1.40 bits per heavy atom. The molecule has 2 fully saturated rings. The number of carbonyl (C=O) groups excluding carboxylic acids is 2. The Kier molecular flexibility index (Phi) is 9.89. The molecule has 144 valence electrons. The summed E-state index contributed by atoms with van der Waals surface area (Å²) in [6.45, 7) is 5.83. The van der Waals surface area contributed by atoms with Crippen LogP contribution in [0.1, 0.15) is 57.8 Å². The summed E-state index contributed by atoms with van der Waals surface area (Å²) in [7, 11) is 0. The van der Waals surface area contributed by atoms with Gasteiger partial charge in [0.15, 0.2) is 0 Å². The molecule has 0 spiro atoms. The summed E-state index contributed by atoms with van der Waals surface area (Å²) in [6.07, 6.45) is 9.85. The van der Waals surface area contributed by atoms with E-state index < -0.39 is 0 Å². The lowest BCUT2D eigenvalue weighted by molar-refractivity contribution is -0.145. The predicted molar refractivity (Wildman–Crippen MR) is 96.4 cm³/mol. The number of ether oxygens (including phenoxy) is 2. The summed E-state index contributed by atoms with van der Waals surface area (Å²) in [5.74, 6) is -0.232. The predicted octanol–water partition coefficient (Wildman–Crippen LogP) is 2.21. The molecule has 0 radical (unpaired) electrons. The van der Waals surface area contributed by atoms with Gasteiger partial charge in [-0.15, -0.1) is 0 Å². The molecule has 0 aromatic carbocycles. The van der Waals surface area contributed by atoms with Crippen LogP contribution in [0.4, 0.5) is 0 Å². The fourth-order valence-corrected chi connectivity index (χ4v) is 3.44. The Balaban J connectivity index is 1.38. The van der Waals surface area contributed by atoms with Crippen LogP contribution in [0.25, 0.3) is 0 Å². The first-order valence-corrected chi connectivity index (χ1v) is 10.00. The van der Waals surface area contributed by atoms with Crippen LogP contribution < -0.4 is 0 Å². The van der Waals surface area contributed by atoms with Crippen LogP contribution in [0.5, 0.6) is 0 Å². The molecular weight excluding hydrogens is 320 g/mol. The van der Waals surface area contributed by atoms with Gasteiger partial charge >= 0.3 is 11.9 Å². The number of hydrogen-bond donors (Lipinski definition) is 0. The van der Waals surface area contributed by atoms with E-state index in [1.54, 1.807) is 0 Å². The van der Waals surface area contributed by atoms with Crippen LogP contribution >= 0.6 is 0 Å².